The molecule has 2 N–H and O–H groups in total. The molecule has 9 heteroatoms. The van der Waals surface area contributed by atoms with E-state index < -0.39 is 11.6 Å². The van der Waals surface area contributed by atoms with Crippen LogP contribution in [0.25, 0.3) is 21.9 Å². The number of nitrogens with two attached hydrogens (primary N) is 1. The van der Waals surface area contributed by atoms with E-state index in [9.17, 15) is 8.78 Å². The third kappa shape index (κ3) is 4.95. The quantitative estimate of drug-likeness (QED) is 0.338. The summed E-state index contributed by atoms with van der Waals surface area (Å²) in [6.07, 6.45) is 4.82. The SMILES string of the molecule is Cn1c2ccnc(C(N)Cc3ccccc3)c2c2ncnc(N3CCN(CCc4ccc(F)c(F)c4)CC3)c21. The van der Waals surface area contributed by atoms with Crippen molar-refractivity contribution in [1.82, 2.24) is 24.4 Å². The lowest BCUT2D eigenvalue weighted by Crippen LogP contribution is -2.47. The Labute approximate surface area is 225 Å². The van der Waals surface area contributed by atoms with Gasteiger partial charge >= 0.3 is 0 Å². The fourth-order valence-electron chi connectivity index (χ4n) is 5.61. The first-order valence-electron chi connectivity index (χ1n) is 13.3. The van der Waals surface area contributed by atoms with Crippen LogP contribution in [0.4, 0.5) is 14.6 Å². The lowest BCUT2D eigenvalue weighted by atomic mass is 10.0. The van der Waals surface area contributed by atoms with Crippen LogP contribution in [0, 0.1) is 11.6 Å². The van der Waals surface area contributed by atoms with E-state index in [4.69, 9.17) is 20.7 Å². The topological polar surface area (TPSA) is 76.1 Å². The Morgan fingerprint density at radius 3 is 2.46 bits per heavy atom. The number of benzene rings is 2. The highest BCUT2D eigenvalue weighted by atomic mass is 19.2. The van der Waals surface area contributed by atoms with Gasteiger partial charge in [0, 0.05) is 51.4 Å². The minimum Gasteiger partial charge on any atom is -0.352 e. The summed E-state index contributed by atoms with van der Waals surface area (Å²) < 4.78 is 29.0. The Morgan fingerprint density at radius 1 is 0.897 bits per heavy atom. The van der Waals surface area contributed by atoms with E-state index in [0.717, 1.165) is 71.7 Å². The van der Waals surface area contributed by atoms with Crippen molar-refractivity contribution in [3.05, 3.63) is 95.6 Å². The Morgan fingerprint density at radius 2 is 1.69 bits per heavy atom. The Bertz CT molecular complexity index is 1610. The molecule has 0 radical (unpaired) electrons. The number of piperazine rings is 1. The fourth-order valence-corrected chi connectivity index (χ4v) is 5.61. The van der Waals surface area contributed by atoms with Crippen LogP contribution in [0.3, 0.4) is 0 Å². The number of halogens is 2. The lowest BCUT2D eigenvalue weighted by Gasteiger charge is -2.35. The summed E-state index contributed by atoms with van der Waals surface area (Å²) in [7, 11) is 2.04. The Hall–Kier alpha value is -3.95. The summed E-state index contributed by atoms with van der Waals surface area (Å²) >= 11 is 0. The van der Waals surface area contributed by atoms with Crippen molar-refractivity contribution in [2.75, 3.05) is 37.6 Å². The van der Waals surface area contributed by atoms with Gasteiger partial charge in [0.15, 0.2) is 17.5 Å². The number of hydrogen-bond donors (Lipinski definition) is 1. The van der Waals surface area contributed by atoms with Crippen LogP contribution in [-0.2, 0) is 19.9 Å². The summed E-state index contributed by atoms with van der Waals surface area (Å²) in [4.78, 5) is 18.8. The number of aryl methyl sites for hydroxylation is 1. The molecule has 1 saturated heterocycles. The number of hydrogen-bond acceptors (Lipinski definition) is 6. The maximum atomic E-state index is 13.6. The second-order valence-electron chi connectivity index (χ2n) is 10.2. The van der Waals surface area contributed by atoms with Crippen LogP contribution in [0.2, 0.25) is 0 Å². The molecule has 0 saturated carbocycles. The monoisotopic (exact) mass is 527 g/mol. The molecular formula is C30H31F2N7. The Kier molecular flexibility index (Phi) is 6.93. The lowest BCUT2D eigenvalue weighted by molar-refractivity contribution is 0.260. The van der Waals surface area contributed by atoms with Crippen molar-refractivity contribution in [2.45, 2.75) is 18.9 Å². The van der Waals surface area contributed by atoms with Gasteiger partial charge in [-0.25, -0.2) is 18.7 Å². The van der Waals surface area contributed by atoms with Crippen LogP contribution in [-0.4, -0.2) is 57.1 Å². The normalized spacial score (nSPS) is 15.3. The molecule has 5 aromatic rings. The van der Waals surface area contributed by atoms with E-state index in [1.807, 2.05) is 37.5 Å². The van der Waals surface area contributed by atoms with E-state index in [1.54, 1.807) is 12.4 Å². The molecule has 0 aliphatic carbocycles. The summed E-state index contributed by atoms with van der Waals surface area (Å²) in [5.74, 6) is -0.695. The number of nitrogens with zero attached hydrogens (tertiary/aromatic N) is 6. The van der Waals surface area contributed by atoms with Gasteiger partial charge in [-0.3, -0.25) is 9.88 Å². The van der Waals surface area contributed by atoms with Gasteiger partial charge in [-0.1, -0.05) is 36.4 Å². The third-order valence-corrected chi connectivity index (χ3v) is 7.72. The average Bonchev–Trinajstić information content (AvgIpc) is 3.26. The molecule has 1 aliphatic heterocycles. The summed E-state index contributed by atoms with van der Waals surface area (Å²) in [6.45, 7) is 4.12. The molecule has 6 rings (SSSR count). The Balaban J connectivity index is 1.23. The first kappa shape index (κ1) is 25.3. The molecule has 0 bridgehead atoms. The molecule has 1 unspecified atom stereocenters. The molecule has 39 heavy (non-hydrogen) atoms. The van der Waals surface area contributed by atoms with Gasteiger partial charge in [-0.05, 0) is 42.2 Å². The second-order valence-corrected chi connectivity index (χ2v) is 10.2. The number of anilines is 1. The number of fused-ring (bicyclic) bond motifs is 3. The molecule has 3 aromatic heterocycles. The smallest absolute Gasteiger partial charge is 0.159 e. The van der Waals surface area contributed by atoms with E-state index >= 15 is 0 Å². The highest BCUT2D eigenvalue weighted by molar-refractivity contribution is 6.10. The zero-order valence-corrected chi connectivity index (χ0v) is 21.9. The number of pyridine rings is 1. The van der Waals surface area contributed by atoms with Crippen molar-refractivity contribution in [2.24, 2.45) is 12.8 Å². The number of aromatic nitrogens is 4. The van der Waals surface area contributed by atoms with Crippen LogP contribution in [0.5, 0.6) is 0 Å². The van der Waals surface area contributed by atoms with Crippen LogP contribution in [0.1, 0.15) is 22.9 Å². The van der Waals surface area contributed by atoms with Gasteiger partial charge in [-0.15, -0.1) is 0 Å². The van der Waals surface area contributed by atoms with Crippen LogP contribution < -0.4 is 10.6 Å². The predicted molar refractivity (Wildman–Crippen MR) is 150 cm³/mol. The minimum absolute atomic E-state index is 0.266. The first-order valence-corrected chi connectivity index (χ1v) is 13.3. The molecule has 4 heterocycles. The molecule has 1 fully saturated rings. The minimum atomic E-state index is -0.807. The molecule has 0 amide bonds. The summed E-state index contributed by atoms with van der Waals surface area (Å²) in [6, 6.07) is 16.1. The van der Waals surface area contributed by atoms with Crippen molar-refractivity contribution < 1.29 is 8.78 Å². The van der Waals surface area contributed by atoms with Gasteiger partial charge in [0.2, 0.25) is 0 Å². The summed E-state index contributed by atoms with van der Waals surface area (Å²) in [5, 5.41) is 0.979. The highest BCUT2D eigenvalue weighted by Gasteiger charge is 2.25. The average molecular weight is 528 g/mol. The van der Waals surface area contributed by atoms with Crippen LogP contribution >= 0.6 is 0 Å². The van der Waals surface area contributed by atoms with Gasteiger partial charge in [-0.2, -0.15) is 0 Å². The van der Waals surface area contributed by atoms with Gasteiger partial charge < -0.3 is 15.2 Å². The van der Waals surface area contributed by atoms with E-state index in [-0.39, 0.29) is 6.04 Å². The largest absolute Gasteiger partial charge is 0.352 e. The van der Waals surface area contributed by atoms with Gasteiger partial charge in [0.05, 0.1) is 17.3 Å². The third-order valence-electron chi connectivity index (χ3n) is 7.72. The first-order chi connectivity index (χ1) is 19.0. The fraction of sp³-hybridized carbons (Fsp3) is 0.300. The molecule has 7 nitrogen and oxygen atoms in total. The van der Waals surface area contributed by atoms with E-state index in [0.29, 0.717) is 12.8 Å². The maximum absolute atomic E-state index is 13.6. The van der Waals surface area contributed by atoms with Crippen molar-refractivity contribution in [3.63, 3.8) is 0 Å². The van der Waals surface area contributed by atoms with E-state index in [2.05, 4.69) is 26.5 Å². The van der Waals surface area contributed by atoms with Crippen molar-refractivity contribution in [3.8, 4) is 0 Å². The maximum Gasteiger partial charge on any atom is 0.159 e. The highest BCUT2D eigenvalue weighted by Crippen LogP contribution is 2.35. The zero-order chi connectivity index (χ0) is 26.9. The predicted octanol–water partition coefficient (Wildman–Crippen LogP) is 4.40. The second kappa shape index (κ2) is 10.7. The zero-order valence-electron chi connectivity index (χ0n) is 21.9. The molecule has 2 aromatic carbocycles. The van der Waals surface area contributed by atoms with Gasteiger partial charge in [0.25, 0.3) is 0 Å². The summed E-state index contributed by atoms with van der Waals surface area (Å²) in [5.41, 5.74) is 12.4. The van der Waals surface area contributed by atoms with Gasteiger partial charge in [0.1, 0.15) is 17.4 Å². The van der Waals surface area contributed by atoms with Crippen LogP contribution in [0.15, 0.2) is 67.1 Å². The van der Waals surface area contributed by atoms with Crippen molar-refractivity contribution in [1.29, 1.82) is 0 Å². The molecule has 200 valence electrons. The standard InChI is InChI=1S/C30H31F2N7/c1-37-25-9-11-34-27(24(33)18-20-5-3-2-4-6-20)26(25)28-29(37)30(36-19-35-28)39-15-13-38(14-16-39)12-10-21-7-8-22(31)23(32)17-21/h2-9,11,17,19,24H,10,12-16,18,33H2,1H3. The molecular weight excluding hydrogens is 496 g/mol. The molecule has 1 atom stereocenters. The van der Waals surface area contributed by atoms with Crippen molar-refractivity contribution >= 4 is 27.8 Å². The van der Waals surface area contributed by atoms with E-state index in [1.165, 1.54) is 17.7 Å². The molecule has 0 spiro atoms. The molecule has 1 aliphatic rings. The number of rotatable bonds is 7.